The van der Waals surface area contributed by atoms with Gasteiger partial charge in [0.05, 0.1) is 0 Å². The van der Waals surface area contributed by atoms with E-state index in [1.165, 1.54) is 57.8 Å². The van der Waals surface area contributed by atoms with Crippen LogP contribution in [0.4, 0.5) is 0 Å². The summed E-state index contributed by atoms with van der Waals surface area (Å²) in [5.74, 6) is 1.99. The molecule has 17 heavy (non-hydrogen) atoms. The molecule has 0 aromatic carbocycles. The molecular formula is C16H33N. The van der Waals surface area contributed by atoms with Gasteiger partial charge in [0.25, 0.3) is 0 Å². The maximum Gasteiger partial charge on any atom is 0.00893 e. The van der Waals surface area contributed by atoms with Gasteiger partial charge in [-0.15, -0.1) is 0 Å². The summed E-state index contributed by atoms with van der Waals surface area (Å²) < 4.78 is 0. The third-order valence-corrected chi connectivity index (χ3v) is 4.79. The van der Waals surface area contributed by atoms with E-state index in [1.54, 1.807) is 0 Å². The van der Waals surface area contributed by atoms with Crippen molar-refractivity contribution >= 4 is 0 Å². The van der Waals surface area contributed by atoms with Crippen LogP contribution < -0.4 is 0 Å². The zero-order valence-electron chi connectivity index (χ0n) is 12.5. The van der Waals surface area contributed by atoms with E-state index in [4.69, 9.17) is 0 Å². The Morgan fingerprint density at radius 1 is 1.00 bits per heavy atom. The fraction of sp³-hybridized carbons (Fsp3) is 1.00. The zero-order valence-corrected chi connectivity index (χ0v) is 12.5. The Kier molecular flexibility index (Phi) is 7.18. The molecule has 1 aliphatic rings. The lowest BCUT2D eigenvalue weighted by Gasteiger charge is -2.35. The topological polar surface area (TPSA) is 3.24 Å². The van der Waals surface area contributed by atoms with Crippen molar-refractivity contribution in [3.8, 4) is 0 Å². The van der Waals surface area contributed by atoms with Crippen molar-refractivity contribution in [1.29, 1.82) is 0 Å². The van der Waals surface area contributed by atoms with Gasteiger partial charge in [-0.3, -0.25) is 0 Å². The molecule has 0 N–H and O–H groups in total. The molecule has 0 radical (unpaired) electrons. The van der Waals surface area contributed by atoms with Crippen LogP contribution in [-0.4, -0.2) is 25.0 Å². The van der Waals surface area contributed by atoms with Gasteiger partial charge >= 0.3 is 0 Å². The number of rotatable bonds is 7. The molecule has 102 valence electrons. The summed E-state index contributed by atoms with van der Waals surface area (Å²) in [5.41, 5.74) is 0. The average molecular weight is 239 g/mol. The van der Waals surface area contributed by atoms with Gasteiger partial charge in [-0.05, 0) is 51.6 Å². The second-order valence-electron chi connectivity index (χ2n) is 6.36. The van der Waals surface area contributed by atoms with Gasteiger partial charge in [0.15, 0.2) is 0 Å². The van der Waals surface area contributed by atoms with Crippen LogP contribution in [-0.2, 0) is 0 Å². The average Bonchev–Trinajstić information content (AvgIpc) is 2.34. The minimum absolute atomic E-state index is 0.860. The molecule has 0 aliphatic heterocycles. The van der Waals surface area contributed by atoms with Crippen LogP contribution in [0.15, 0.2) is 0 Å². The van der Waals surface area contributed by atoms with Crippen molar-refractivity contribution in [2.45, 2.75) is 77.7 Å². The Hall–Kier alpha value is -0.0400. The Morgan fingerprint density at radius 3 is 2.18 bits per heavy atom. The van der Waals surface area contributed by atoms with E-state index >= 15 is 0 Å². The molecule has 1 saturated carbocycles. The van der Waals surface area contributed by atoms with E-state index in [2.05, 4.69) is 32.8 Å². The quantitative estimate of drug-likeness (QED) is 0.581. The monoisotopic (exact) mass is 239 g/mol. The lowest BCUT2D eigenvalue weighted by atomic mass is 9.77. The van der Waals surface area contributed by atoms with Crippen LogP contribution in [0.2, 0.25) is 0 Å². The minimum atomic E-state index is 0.860. The van der Waals surface area contributed by atoms with Crippen LogP contribution in [0.3, 0.4) is 0 Å². The lowest BCUT2D eigenvalue weighted by molar-refractivity contribution is 0.159. The number of hydrogen-bond acceptors (Lipinski definition) is 1. The number of hydrogen-bond donors (Lipinski definition) is 0. The van der Waals surface area contributed by atoms with Crippen molar-refractivity contribution in [2.75, 3.05) is 14.1 Å². The molecule has 1 aliphatic carbocycles. The minimum Gasteiger partial charge on any atom is -0.306 e. The van der Waals surface area contributed by atoms with Crippen LogP contribution in [0.5, 0.6) is 0 Å². The SMILES string of the molecule is CCCCCCC(C)C1CCC(N(C)C)CC1. The largest absolute Gasteiger partial charge is 0.306 e. The molecule has 1 atom stereocenters. The smallest absolute Gasteiger partial charge is 0.00893 e. The van der Waals surface area contributed by atoms with Crippen molar-refractivity contribution < 1.29 is 0 Å². The van der Waals surface area contributed by atoms with Gasteiger partial charge in [-0.25, -0.2) is 0 Å². The molecule has 0 bridgehead atoms. The predicted molar refractivity (Wildman–Crippen MR) is 77.4 cm³/mol. The zero-order chi connectivity index (χ0) is 12.7. The van der Waals surface area contributed by atoms with Crippen molar-refractivity contribution in [1.82, 2.24) is 4.90 Å². The first-order valence-electron chi connectivity index (χ1n) is 7.81. The molecule has 1 heteroatoms. The maximum absolute atomic E-state index is 2.49. The van der Waals surface area contributed by atoms with Gasteiger partial charge in [-0.1, -0.05) is 46.0 Å². The number of nitrogens with zero attached hydrogens (tertiary/aromatic N) is 1. The van der Waals surface area contributed by atoms with E-state index in [0.29, 0.717) is 0 Å². The van der Waals surface area contributed by atoms with Crippen molar-refractivity contribution in [3.05, 3.63) is 0 Å². The van der Waals surface area contributed by atoms with E-state index < -0.39 is 0 Å². The Labute approximate surface area is 109 Å². The molecule has 1 rings (SSSR count). The molecule has 1 fully saturated rings. The number of unbranched alkanes of at least 4 members (excludes halogenated alkanes) is 3. The van der Waals surface area contributed by atoms with E-state index in [9.17, 15) is 0 Å². The van der Waals surface area contributed by atoms with Gasteiger partial charge in [-0.2, -0.15) is 0 Å². The Morgan fingerprint density at radius 2 is 1.65 bits per heavy atom. The summed E-state index contributed by atoms with van der Waals surface area (Å²) in [6.07, 6.45) is 13.0. The fourth-order valence-electron chi connectivity index (χ4n) is 3.32. The molecule has 0 heterocycles. The summed E-state index contributed by atoms with van der Waals surface area (Å²) in [5, 5.41) is 0. The van der Waals surface area contributed by atoms with Gasteiger partial charge in [0.2, 0.25) is 0 Å². The Balaban J connectivity index is 2.14. The molecule has 1 unspecified atom stereocenters. The summed E-state index contributed by atoms with van der Waals surface area (Å²) in [4.78, 5) is 2.42. The molecule has 0 aromatic rings. The van der Waals surface area contributed by atoms with E-state index in [-0.39, 0.29) is 0 Å². The van der Waals surface area contributed by atoms with Gasteiger partial charge in [0, 0.05) is 6.04 Å². The summed E-state index contributed by atoms with van der Waals surface area (Å²) in [7, 11) is 4.47. The first-order chi connectivity index (χ1) is 8.15. The third kappa shape index (κ3) is 5.42. The van der Waals surface area contributed by atoms with E-state index in [1.807, 2.05) is 0 Å². The van der Waals surface area contributed by atoms with Gasteiger partial charge < -0.3 is 4.90 Å². The fourth-order valence-corrected chi connectivity index (χ4v) is 3.32. The van der Waals surface area contributed by atoms with Crippen molar-refractivity contribution in [3.63, 3.8) is 0 Å². The van der Waals surface area contributed by atoms with Crippen LogP contribution in [0.1, 0.15) is 71.6 Å². The first kappa shape index (κ1) is 15.0. The van der Waals surface area contributed by atoms with Crippen molar-refractivity contribution in [2.24, 2.45) is 11.8 Å². The summed E-state index contributed by atoms with van der Waals surface area (Å²) >= 11 is 0. The molecule has 0 aromatic heterocycles. The van der Waals surface area contributed by atoms with Crippen LogP contribution in [0, 0.1) is 11.8 Å². The molecule has 0 saturated heterocycles. The van der Waals surface area contributed by atoms with Gasteiger partial charge in [0.1, 0.15) is 0 Å². The second kappa shape index (κ2) is 8.13. The normalized spacial score (nSPS) is 27.4. The van der Waals surface area contributed by atoms with Crippen LogP contribution in [0.25, 0.3) is 0 Å². The molecule has 0 amide bonds. The molecule has 0 spiro atoms. The summed E-state index contributed by atoms with van der Waals surface area (Å²) in [6, 6.07) is 0.860. The highest BCUT2D eigenvalue weighted by molar-refractivity contribution is 4.79. The second-order valence-corrected chi connectivity index (χ2v) is 6.36. The van der Waals surface area contributed by atoms with E-state index in [0.717, 1.165) is 17.9 Å². The predicted octanol–water partition coefficient (Wildman–Crippen LogP) is 4.71. The van der Waals surface area contributed by atoms with Crippen LogP contribution >= 0.6 is 0 Å². The standard InChI is InChI=1S/C16H33N/c1-5-6-7-8-9-14(2)15-10-12-16(13-11-15)17(3)4/h14-16H,5-13H2,1-4H3. The first-order valence-corrected chi connectivity index (χ1v) is 7.81. The maximum atomic E-state index is 2.49. The molecular weight excluding hydrogens is 206 g/mol. The summed E-state index contributed by atoms with van der Waals surface area (Å²) in [6.45, 7) is 4.79. The lowest BCUT2D eigenvalue weighted by Crippen LogP contribution is -2.33. The molecule has 1 nitrogen and oxygen atoms in total. The highest BCUT2D eigenvalue weighted by Gasteiger charge is 2.25. The highest BCUT2D eigenvalue weighted by atomic mass is 15.1. The Bertz CT molecular complexity index is 180. The third-order valence-electron chi connectivity index (χ3n) is 4.79. The highest BCUT2D eigenvalue weighted by Crippen LogP contribution is 2.33.